The monoisotopic (exact) mass is 634 g/mol. The molecule has 0 N–H and O–H groups in total. The molecule has 1 fully saturated rings. The summed E-state index contributed by atoms with van der Waals surface area (Å²) in [6.45, 7) is 10.6. The lowest BCUT2D eigenvalue weighted by Gasteiger charge is -2.40. The number of benzene rings is 1. The Bertz CT molecular complexity index is 1850. The second-order valence-corrected chi connectivity index (χ2v) is 13.4. The van der Waals surface area contributed by atoms with Crippen LogP contribution in [0.25, 0.3) is 28.0 Å². The first-order valence-corrected chi connectivity index (χ1v) is 16.5. The van der Waals surface area contributed by atoms with E-state index in [1.54, 1.807) is 35.0 Å². The number of amides is 1. The number of hydrogen-bond acceptors (Lipinski definition) is 8. The minimum atomic E-state index is -0.717. The van der Waals surface area contributed by atoms with Crippen molar-refractivity contribution in [1.82, 2.24) is 24.4 Å². The number of piperazine rings is 1. The van der Waals surface area contributed by atoms with Gasteiger partial charge in [0.2, 0.25) is 5.91 Å². The number of carbonyl (C=O) groups excluding carboxylic acids is 1. The Hall–Kier alpha value is -3.77. The molecule has 2 bridgehead atoms. The van der Waals surface area contributed by atoms with E-state index in [0.717, 1.165) is 17.1 Å². The molecule has 0 aliphatic carbocycles. The Morgan fingerprint density at radius 2 is 1.86 bits per heavy atom. The zero-order valence-electron chi connectivity index (χ0n) is 24.7. The molecule has 44 heavy (non-hydrogen) atoms. The summed E-state index contributed by atoms with van der Waals surface area (Å²) in [4.78, 5) is 45.5. The van der Waals surface area contributed by atoms with E-state index in [-0.39, 0.29) is 40.6 Å². The van der Waals surface area contributed by atoms with Crippen LogP contribution in [0, 0.1) is 11.6 Å². The molecule has 1 atom stereocenters. The van der Waals surface area contributed by atoms with Crippen LogP contribution >= 0.6 is 23.5 Å². The molecule has 0 spiro atoms. The van der Waals surface area contributed by atoms with E-state index >= 15 is 8.78 Å². The van der Waals surface area contributed by atoms with Gasteiger partial charge < -0.3 is 9.80 Å². The van der Waals surface area contributed by atoms with E-state index in [1.165, 1.54) is 34.5 Å². The van der Waals surface area contributed by atoms with Gasteiger partial charge in [0.05, 0.1) is 22.3 Å². The van der Waals surface area contributed by atoms with Crippen molar-refractivity contribution in [1.29, 1.82) is 0 Å². The van der Waals surface area contributed by atoms with Gasteiger partial charge in [-0.15, -0.1) is 23.5 Å². The standard InChI is InChI=1S/C32H32F2N6O2S2/c1-5-25(41)38-12-13-39(19(4)17-38)30-20-16-22(34)28-26-21(33)8-6-9-23(26)43-14-7-15-44-24-10-11-35-27(18(2)3)29(24)40(31(20)36-28)32(42)37-30/h5-6,8-11,16,18-19H,1,7,12-15,17H2,2-4H3/t19-/m0/s1. The number of pyridine rings is 2. The van der Waals surface area contributed by atoms with E-state index in [9.17, 15) is 9.59 Å². The Kier molecular flexibility index (Phi) is 8.47. The minimum absolute atomic E-state index is 0.0491. The summed E-state index contributed by atoms with van der Waals surface area (Å²) in [6, 6.07) is 7.63. The molecule has 12 heteroatoms. The number of carbonyl (C=O) groups is 1. The van der Waals surface area contributed by atoms with Crippen LogP contribution in [0.2, 0.25) is 0 Å². The third kappa shape index (κ3) is 5.38. The molecule has 0 saturated carbocycles. The highest BCUT2D eigenvalue weighted by molar-refractivity contribution is 8.00. The zero-order valence-corrected chi connectivity index (χ0v) is 26.4. The molecule has 5 heterocycles. The smallest absolute Gasteiger partial charge is 0.350 e. The van der Waals surface area contributed by atoms with Crippen LogP contribution < -0.4 is 10.6 Å². The molecule has 4 aromatic rings. The molecule has 1 saturated heterocycles. The second-order valence-electron chi connectivity index (χ2n) is 11.1. The molecule has 6 rings (SSSR count). The first-order chi connectivity index (χ1) is 21.2. The molecular formula is C32H32F2N6O2S2. The van der Waals surface area contributed by atoms with Gasteiger partial charge in [-0.25, -0.2) is 23.1 Å². The SMILES string of the molecule is C=CC(=O)N1CCN(c2nc(=O)n3c4nc(c(F)cc24)-c2c(F)cccc2SCCCSc2ccnc(C(C)C)c2-3)[C@@H](C)C1. The van der Waals surface area contributed by atoms with Crippen LogP contribution in [0.5, 0.6) is 0 Å². The highest BCUT2D eigenvalue weighted by atomic mass is 32.2. The number of halogens is 2. The highest BCUT2D eigenvalue weighted by Crippen LogP contribution is 2.40. The molecule has 228 valence electrons. The maximum atomic E-state index is 16.2. The number of thioether (sulfide) groups is 2. The van der Waals surface area contributed by atoms with E-state index in [2.05, 4.69) is 16.5 Å². The minimum Gasteiger partial charge on any atom is -0.350 e. The lowest BCUT2D eigenvalue weighted by Crippen LogP contribution is -2.54. The van der Waals surface area contributed by atoms with Crippen LogP contribution in [0.15, 0.2) is 63.8 Å². The van der Waals surface area contributed by atoms with Crippen LogP contribution in [-0.4, -0.2) is 67.5 Å². The summed E-state index contributed by atoms with van der Waals surface area (Å²) in [5.74, 6) is 0.184. The zero-order chi connectivity index (χ0) is 31.1. The topological polar surface area (TPSA) is 84.2 Å². The number of hydrogen-bond donors (Lipinski definition) is 0. The average Bonchev–Trinajstić information content (AvgIpc) is 3.01. The summed E-state index contributed by atoms with van der Waals surface area (Å²) >= 11 is 3.07. The third-order valence-electron chi connectivity index (χ3n) is 7.89. The number of nitrogens with zero attached hydrogens (tertiary/aromatic N) is 6. The molecule has 2 aliphatic heterocycles. The van der Waals surface area contributed by atoms with Crippen molar-refractivity contribution in [3.63, 3.8) is 0 Å². The van der Waals surface area contributed by atoms with E-state index in [1.807, 2.05) is 31.7 Å². The van der Waals surface area contributed by atoms with Gasteiger partial charge in [-0.2, -0.15) is 4.98 Å². The van der Waals surface area contributed by atoms with Crippen molar-refractivity contribution in [2.45, 2.75) is 48.9 Å². The van der Waals surface area contributed by atoms with Crippen molar-refractivity contribution in [2.24, 2.45) is 0 Å². The van der Waals surface area contributed by atoms with Gasteiger partial charge >= 0.3 is 5.69 Å². The number of aromatic nitrogens is 4. The number of rotatable bonds is 3. The van der Waals surface area contributed by atoms with E-state index < -0.39 is 17.3 Å². The molecule has 0 unspecified atom stereocenters. The van der Waals surface area contributed by atoms with E-state index in [0.29, 0.717) is 47.1 Å². The van der Waals surface area contributed by atoms with Gasteiger partial charge in [-0.05, 0) is 61.1 Å². The van der Waals surface area contributed by atoms with Crippen LogP contribution in [-0.2, 0) is 4.79 Å². The van der Waals surface area contributed by atoms with Crippen LogP contribution in [0.1, 0.15) is 38.8 Å². The Balaban J connectivity index is 1.68. The third-order valence-corrected chi connectivity index (χ3v) is 10.2. The van der Waals surface area contributed by atoms with Crippen LogP contribution in [0.4, 0.5) is 14.6 Å². The molecule has 1 aromatic carbocycles. The van der Waals surface area contributed by atoms with Gasteiger partial charge in [-0.3, -0.25) is 9.78 Å². The quantitative estimate of drug-likeness (QED) is 0.252. The van der Waals surface area contributed by atoms with Crippen LogP contribution in [0.3, 0.4) is 0 Å². The summed E-state index contributed by atoms with van der Waals surface area (Å²) in [6.07, 6.45) is 3.82. The normalized spacial score (nSPS) is 17.1. The molecule has 2 aliphatic rings. The summed E-state index contributed by atoms with van der Waals surface area (Å²) in [5.41, 5.74) is 0.721. The van der Waals surface area contributed by atoms with Crippen molar-refractivity contribution < 1.29 is 13.6 Å². The molecule has 1 amide bonds. The van der Waals surface area contributed by atoms with Gasteiger partial charge in [0.1, 0.15) is 17.3 Å². The summed E-state index contributed by atoms with van der Waals surface area (Å²) in [5, 5.41) is 0.316. The maximum absolute atomic E-state index is 16.2. The predicted molar refractivity (Wildman–Crippen MR) is 172 cm³/mol. The fourth-order valence-electron chi connectivity index (χ4n) is 5.80. The van der Waals surface area contributed by atoms with Crippen molar-refractivity contribution >= 4 is 46.3 Å². The molecule has 0 radical (unpaired) electrons. The summed E-state index contributed by atoms with van der Waals surface area (Å²) < 4.78 is 33.1. The highest BCUT2D eigenvalue weighted by Gasteiger charge is 2.31. The Morgan fingerprint density at radius 3 is 2.59 bits per heavy atom. The van der Waals surface area contributed by atoms with Gasteiger partial charge in [0.15, 0.2) is 11.5 Å². The number of fused-ring (bicyclic) bond motifs is 5. The van der Waals surface area contributed by atoms with E-state index in [4.69, 9.17) is 4.98 Å². The van der Waals surface area contributed by atoms with Crippen molar-refractivity contribution in [2.75, 3.05) is 36.0 Å². The number of anilines is 1. The largest absolute Gasteiger partial charge is 0.355 e. The van der Waals surface area contributed by atoms with Crippen molar-refractivity contribution in [3.05, 3.63) is 77.0 Å². The fourth-order valence-corrected chi connectivity index (χ4v) is 8.00. The predicted octanol–water partition coefficient (Wildman–Crippen LogP) is 6.06. The molecule has 8 nitrogen and oxygen atoms in total. The van der Waals surface area contributed by atoms with Gasteiger partial charge in [0, 0.05) is 41.7 Å². The lowest BCUT2D eigenvalue weighted by atomic mass is 10.1. The summed E-state index contributed by atoms with van der Waals surface area (Å²) in [7, 11) is 0. The lowest BCUT2D eigenvalue weighted by molar-refractivity contribution is -0.126. The second kappa shape index (κ2) is 12.3. The van der Waals surface area contributed by atoms with Gasteiger partial charge in [0.25, 0.3) is 0 Å². The molecule has 3 aromatic heterocycles. The van der Waals surface area contributed by atoms with Crippen molar-refractivity contribution in [3.8, 4) is 16.9 Å². The first kappa shape index (κ1) is 30.3. The van der Waals surface area contributed by atoms with Gasteiger partial charge in [-0.1, -0.05) is 26.5 Å². The maximum Gasteiger partial charge on any atom is 0.355 e. The molecular weight excluding hydrogens is 603 g/mol. The Labute approximate surface area is 262 Å². The average molecular weight is 635 g/mol. The Morgan fingerprint density at radius 1 is 1.09 bits per heavy atom. The fraction of sp³-hybridized carbons (Fsp3) is 0.344. The first-order valence-electron chi connectivity index (χ1n) is 14.5.